The summed E-state index contributed by atoms with van der Waals surface area (Å²) in [6.07, 6.45) is 26.2. The maximum Gasteiger partial charge on any atom is 0.330 e. The van der Waals surface area contributed by atoms with E-state index in [1.54, 1.807) is 0 Å². The minimum atomic E-state index is -0.302. The third kappa shape index (κ3) is 14.3. The van der Waals surface area contributed by atoms with Gasteiger partial charge >= 0.3 is 5.97 Å². The monoisotopic (exact) mass is 582 g/mol. The molecule has 0 atom stereocenters. The molecule has 1 aromatic rings. The fraction of sp³-hybridized carbons (Fsp3) is 0.703. The van der Waals surface area contributed by atoms with Crippen LogP contribution in [0.3, 0.4) is 0 Å². The number of aryl methyl sites for hydroxylation is 1. The summed E-state index contributed by atoms with van der Waals surface area (Å²) in [6, 6.07) is 8.75. The number of carbonyl (C=O) groups is 1. The van der Waals surface area contributed by atoms with Gasteiger partial charge in [-0.25, -0.2) is 4.79 Å². The summed E-state index contributed by atoms with van der Waals surface area (Å²) < 4.78 is 21.2. The average Bonchev–Trinajstić information content (AvgIpc) is 3.03. The zero-order valence-corrected chi connectivity index (χ0v) is 26.3. The lowest BCUT2D eigenvalue weighted by Crippen LogP contribution is -2.26. The van der Waals surface area contributed by atoms with Crippen LogP contribution in [-0.2, 0) is 25.4 Å². The van der Waals surface area contributed by atoms with Crippen LogP contribution in [-0.4, -0.2) is 32.6 Å². The summed E-state index contributed by atoms with van der Waals surface area (Å²) >= 11 is 0. The maximum absolute atomic E-state index is 11.1. The molecule has 0 aliphatic heterocycles. The van der Waals surface area contributed by atoms with Crippen molar-refractivity contribution in [2.45, 2.75) is 116 Å². The molecule has 0 heterocycles. The molecule has 1 aromatic carbocycles. The quantitative estimate of drug-likeness (QED) is 0.0448. The van der Waals surface area contributed by atoms with Gasteiger partial charge < -0.3 is 18.9 Å². The highest BCUT2D eigenvalue weighted by Gasteiger charge is 2.30. The number of carbonyl (C=O) groups excluding carboxylic acids is 1. The maximum atomic E-state index is 11.1. The second-order valence-electron chi connectivity index (χ2n) is 12.6. The summed E-state index contributed by atoms with van der Waals surface area (Å²) in [4.78, 5) is 11.1. The van der Waals surface area contributed by atoms with Gasteiger partial charge in [-0.05, 0) is 99.2 Å². The minimum Gasteiger partial charge on any atom is -0.494 e. The highest BCUT2D eigenvalue weighted by molar-refractivity contribution is 5.81. The Hall–Kier alpha value is -2.27. The molecule has 3 rings (SSSR count). The van der Waals surface area contributed by atoms with E-state index in [0.29, 0.717) is 13.2 Å². The number of ether oxygens (including phenoxy) is 4. The molecule has 42 heavy (non-hydrogen) atoms. The number of esters is 1. The van der Waals surface area contributed by atoms with E-state index in [4.69, 9.17) is 18.9 Å². The molecular weight excluding hydrogens is 524 g/mol. The number of hydrogen-bond donors (Lipinski definition) is 0. The summed E-state index contributed by atoms with van der Waals surface area (Å²) in [5.41, 5.74) is 1.44. The molecule has 2 aliphatic carbocycles. The summed E-state index contributed by atoms with van der Waals surface area (Å²) in [6.45, 7) is 9.13. The first-order chi connectivity index (χ1) is 20.7. The Morgan fingerprint density at radius 1 is 0.714 bits per heavy atom. The van der Waals surface area contributed by atoms with Crippen molar-refractivity contribution in [3.05, 3.63) is 55.3 Å². The Morgan fingerprint density at radius 2 is 1.31 bits per heavy atom. The van der Waals surface area contributed by atoms with Crippen molar-refractivity contribution in [3.8, 4) is 5.75 Å². The van der Waals surface area contributed by atoms with Crippen LogP contribution in [0.4, 0.5) is 0 Å². The van der Waals surface area contributed by atoms with Crippen molar-refractivity contribution in [1.29, 1.82) is 0 Å². The van der Waals surface area contributed by atoms with Crippen LogP contribution in [0.5, 0.6) is 5.75 Å². The molecule has 2 aliphatic rings. The average molecular weight is 583 g/mol. The molecule has 2 saturated carbocycles. The fourth-order valence-corrected chi connectivity index (χ4v) is 6.97. The van der Waals surface area contributed by atoms with Crippen LogP contribution in [0.15, 0.2) is 49.8 Å². The molecule has 0 unspecified atom stereocenters. The molecule has 0 saturated heterocycles. The number of benzene rings is 1. The molecule has 5 nitrogen and oxygen atoms in total. The second kappa shape index (κ2) is 21.4. The molecule has 0 radical (unpaired) electrons. The second-order valence-corrected chi connectivity index (χ2v) is 12.6. The SMILES string of the molecule is C=COCOCCCCOc1ccc(CCC2CCC(C3CCC(CCCCCCCOC(=O)C=C)CC3)CC2)cc1. The highest BCUT2D eigenvalue weighted by Crippen LogP contribution is 2.43. The number of hydrogen-bond acceptors (Lipinski definition) is 5. The number of unbranched alkanes of at least 4 members (excludes halogenated alkanes) is 5. The zero-order chi connectivity index (χ0) is 29.7. The number of rotatable bonds is 22. The van der Waals surface area contributed by atoms with Gasteiger partial charge in [-0.1, -0.05) is 83.1 Å². The van der Waals surface area contributed by atoms with Gasteiger partial charge in [0.25, 0.3) is 0 Å². The van der Waals surface area contributed by atoms with Gasteiger partial charge in [0.05, 0.1) is 26.1 Å². The van der Waals surface area contributed by atoms with Crippen LogP contribution in [0.2, 0.25) is 0 Å². The Kier molecular flexibility index (Phi) is 17.5. The zero-order valence-electron chi connectivity index (χ0n) is 26.3. The molecule has 0 bridgehead atoms. The third-order valence-corrected chi connectivity index (χ3v) is 9.60. The fourth-order valence-electron chi connectivity index (χ4n) is 6.97. The minimum absolute atomic E-state index is 0.276. The van der Waals surface area contributed by atoms with Crippen LogP contribution in [0.25, 0.3) is 0 Å². The molecule has 0 amide bonds. The van der Waals surface area contributed by atoms with E-state index >= 15 is 0 Å². The first-order valence-electron chi connectivity index (χ1n) is 17.0. The van der Waals surface area contributed by atoms with Crippen molar-refractivity contribution in [3.63, 3.8) is 0 Å². The molecule has 0 aromatic heterocycles. The Balaban J connectivity index is 1.17. The molecule has 5 heteroatoms. The predicted molar refractivity (Wildman–Crippen MR) is 171 cm³/mol. The molecule has 236 valence electrons. The van der Waals surface area contributed by atoms with Crippen molar-refractivity contribution >= 4 is 5.97 Å². The standard InChI is InChI=1S/C37H58O5/c1-3-37(38)42-29-9-7-5-6-8-12-31-15-21-34(22-16-31)35-23-17-32(18-24-35)13-14-33-19-25-36(26-20-33)41-28-11-10-27-40-30-39-4-2/h3-4,19-20,25-26,31-32,34-35H,1-2,5-18,21-24,27-30H2. The van der Waals surface area contributed by atoms with Gasteiger partial charge in [0.2, 0.25) is 0 Å². The predicted octanol–water partition coefficient (Wildman–Crippen LogP) is 9.60. The lowest BCUT2D eigenvalue weighted by atomic mass is 9.68. The van der Waals surface area contributed by atoms with E-state index in [0.717, 1.165) is 61.7 Å². The van der Waals surface area contributed by atoms with Crippen molar-refractivity contribution in [1.82, 2.24) is 0 Å². The van der Waals surface area contributed by atoms with Crippen LogP contribution in [0.1, 0.15) is 115 Å². The molecule has 0 N–H and O–H groups in total. The van der Waals surface area contributed by atoms with E-state index in [-0.39, 0.29) is 12.8 Å². The van der Waals surface area contributed by atoms with Gasteiger partial charge in [0, 0.05) is 6.08 Å². The van der Waals surface area contributed by atoms with E-state index in [1.807, 2.05) is 0 Å². The lowest BCUT2D eigenvalue weighted by Gasteiger charge is -2.38. The van der Waals surface area contributed by atoms with Gasteiger partial charge in [-0.15, -0.1) is 0 Å². The summed E-state index contributed by atoms with van der Waals surface area (Å²) in [5.74, 6) is 4.51. The van der Waals surface area contributed by atoms with Gasteiger partial charge in [0.15, 0.2) is 6.79 Å². The van der Waals surface area contributed by atoms with Crippen molar-refractivity contribution in [2.24, 2.45) is 23.7 Å². The van der Waals surface area contributed by atoms with Gasteiger partial charge in [0.1, 0.15) is 5.75 Å². The Morgan fingerprint density at radius 3 is 1.98 bits per heavy atom. The van der Waals surface area contributed by atoms with Crippen LogP contribution >= 0.6 is 0 Å². The third-order valence-electron chi connectivity index (χ3n) is 9.60. The Bertz CT molecular complexity index is 849. The van der Waals surface area contributed by atoms with Gasteiger partial charge in [-0.3, -0.25) is 0 Å². The topological polar surface area (TPSA) is 54.0 Å². The molecule has 0 spiro atoms. The van der Waals surface area contributed by atoms with Crippen LogP contribution < -0.4 is 4.74 Å². The van der Waals surface area contributed by atoms with Crippen LogP contribution in [0, 0.1) is 23.7 Å². The van der Waals surface area contributed by atoms with E-state index in [2.05, 4.69) is 37.4 Å². The molecular formula is C37H58O5. The van der Waals surface area contributed by atoms with Gasteiger partial charge in [-0.2, -0.15) is 0 Å². The first kappa shape index (κ1) is 34.2. The summed E-state index contributed by atoms with van der Waals surface area (Å²) in [7, 11) is 0. The van der Waals surface area contributed by atoms with E-state index < -0.39 is 0 Å². The normalized spacial score (nSPS) is 22.3. The lowest BCUT2D eigenvalue weighted by molar-refractivity contribution is -0.137. The first-order valence-corrected chi connectivity index (χ1v) is 17.0. The van der Waals surface area contributed by atoms with E-state index in [9.17, 15) is 4.79 Å². The van der Waals surface area contributed by atoms with E-state index in [1.165, 1.54) is 108 Å². The van der Waals surface area contributed by atoms with Crippen molar-refractivity contribution in [2.75, 3.05) is 26.6 Å². The highest BCUT2D eigenvalue weighted by atomic mass is 16.7. The largest absolute Gasteiger partial charge is 0.494 e. The molecule has 2 fully saturated rings. The Labute approximate surface area is 256 Å². The summed E-state index contributed by atoms with van der Waals surface area (Å²) in [5, 5.41) is 0. The van der Waals surface area contributed by atoms with Crippen molar-refractivity contribution < 1.29 is 23.7 Å². The smallest absolute Gasteiger partial charge is 0.330 e.